The van der Waals surface area contributed by atoms with Crippen LogP contribution in [0, 0.1) is 6.07 Å². The molecule has 1 aromatic carbocycles. The Morgan fingerprint density at radius 3 is 3.36 bits per heavy atom. The van der Waals surface area contributed by atoms with Crippen LogP contribution in [0.15, 0.2) is 18.2 Å². The molecule has 1 heterocycles. The average Bonchev–Trinajstić information content (AvgIpc) is 2.47. The molecular formula is C9H9N2. The molecule has 1 radical (unpaired) electrons. The minimum Gasteiger partial charge on any atom is -0.278 e. The van der Waals surface area contributed by atoms with Crippen molar-refractivity contribution >= 4 is 10.9 Å². The van der Waals surface area contributed by atoms with E-state index in [0.717, 1.165) is 23.0 Å². The Labute approximate surface area is 65.2 Å². The molecule has 2 nitrogen and oxygen atoms in total. The first-order chi connectivity index (χ1) is 5.42. The molecule has 1 aromatic heterocycles. The highest BCUT2D eigenvalue weighted by atomic mass is 15.1. The quantitative estimate of drug-likeness (QED) is 0.652. The summed E-state index contributed by atoms with van der Waals surface area (Å²) in [5.74, 6) is 0. The van der Waals surface area contributed by atoms with Crippen LogP contribution in [-0.2, 0) is 6.42 Å². The van der Waals surface area contributed by atoms with Crippen molar-refractivity contribution in [2.45, 2.75) is 13.3 Å². The van der Waals surface area contributed by atoms with Gasteiger partial charge in [0, 0.05) is 5.39 Å². The average molecular weight is 145 g/mol. The Balaban J connectivity index is 2.76. The monoisotopic (exact) mass is 145 g/mol. The van der Waals surface area contributed by atoms with Gasteiger partial charge in [-0.15, -0.1) is 0 Å². The number of nitrogens with zero attached hydrogens (tertiary/aromatic N) is 1. The van der Waals surface area contributed by atoms with Gasteiger partial charge in [-0.1, -0.05) is 19.1 Å². The molecule has 2 rings (SSSR count). The second-order valence-electron chi connectivity index (χ2n) is 2.48. The van der Waals surface area contributed by atoms with Gasteiger partial charge >= 0.3 is 0 Å². The number of rotatable bonds is 1. The standard InChI is InChI=1S/C9H9N2/c1-2-8-7-5-3-4-6-9(7)11-10-8/h3-4,6H,2H2,1H3,(H,10,11). The van der Waals surface area contributed by atoms with Gasteiger partial charge in [-0.3, -0.25) is 5.10 Å². The fraction of sp³-hybridized carbons (Fsp3) is 0.222. The minimum atomic E-state index is 0.959. The van der Waals surface area contributed by atoms with Crippen molar-refractivity contribution in [2.75, 3.05) is 0 Å². The van der Waals surface area contributed by atoms with E-state index in [0.29, 0.717) is 0 Å². The maximum Gasteiger partial charge on any atom is 0.0704 e. The summed E-state index contributed by atoms with van der Waals surface area (Å²) in [5, 5.41) is 8.24. The number of aromatic amines is 1. The lowest BCUT2D eigenvalue weighted by Crippen LogP contribution is -1.78. The molecule has 0 unspecified atom stereocenters. The van der Waals surface area contributed by atoms with Crippen molar-refractivity contribution in [3.8, 4) is 0 Å². The highest BCUT2D eigenvalue weighted by molar-refractivity contribution is 5.80. The van der Waals surface area contributed by atoms with Crippen molar-refractivity contribution in [1.82, 2.24) is 10.2 Å². The largest absolute Gasteiger partial charge is 0.278 e. The molecule has 2 heteroatoms. The highest BCUT2D eigenvalue weighted by Crippen LogP contribution is 2.13. The zero-order valence-electron chi connectivity index (χ0n) is 6.39. The third-order valence-corrected chi connectivity index (χ3v) is 1.79. The maximum atomic E-state index is 4.16. The van der Waals surface area contributed by atoms with Gasteiger partial charge < -0.3 is 0 Å². The van der Waals surface area contributed by atoms with Gasteiger partial charge in [-0.05, 0) is 18.6 Å². The molecule has 2 aromatic rings. The van der Waals surface area contributed by atoms with Crippen LogP contribution in [0.1, 0.15) is 12.6 Å². The molecule has 0 atom stereocenters. The minimum absolute atomic E-state index is 0.959. The first-order valence-electron chi connectivity index (χ1n) is 3.75. The first kappa shape index (κ1) is 6.40. The Kier molecular flexibility index (Phi) is 1.39. The van der Waals surface area contributed by atoms with Crippen LogP contribution in [0.25, 0.3) is 10.9 Å². The molecule has 0 bridgehead atoms. The molecule has 0 spiro atoms. The summed E-state index contributed by atoms with van der Waals surface area (Å²) in [6, 6.07) is 9.04. The topological polar surface area (TPSA) is 28.7 Å². The van der Waals surface area contributed by atoms with Gasteiger partial charge in [-0.25, -0.2) is 0 Å². The van der Waals surface area contributed by atoms with E-state index in [1.165, 1.54) is 0 Å². The molecule has 0 aliphatic heterocycles. The molecular weight excluding hydrogens is 136 g/mol. The molecule has 0 saturated heterocycles. The van der Waals surface area contributed by atoms with E-state index < -0.39 is 0 Å². The summed E-state index contributed by atoms with van der Waals surface area (Å²) in [7, 11) is 0. The zero-order valence-corrected chi connectivity index (χ0v) is 6.39. The van der Waals surface area contributed by atoms with E-state index in [1.807, 2.05) is 18.2 Å². The van der Waals surface area contributed by atoms with Gasteiger partial charge in [-0.2, -0.15) is 5.10 Å². The van der Waals surface area contributed by atoms with Crippen LogP contribution < -0.4 is 0 Å². The van der Waals surface area contributed by atoms with Crippen LogP contribution in [0.2, 0.25) is 0 Å². The predicted octanol–water partition coefficient (Wildman–Crippen LogP) is 1.93. The van der Waals surface area contributed by atoms with E-state index in [2.05, 4.69) is 23.2 Å². The number of nitrogens with one attached hydrogen (secondary N) is 1. The Hall–Kier alpha value is -1.31. The van der Waals surface area contributed by atoms with E-state index >= 15 is 0 Å². The maximum absolute atomic E-state index is 4.16. The number of hydrogen-bond donors (Lipinski definition) is 1. The second kappa shape index (κ2) is 2.38. The fourth-order valence-electron chi connectivity index (χ4n) is 1.21. The molecule has 0 fully saturated rings. The third kappa shape index (κ3) is 0.909. The van der Waals surface area contributed by atoms with Crippen molar-refractivity contribution in [3.05, 3.63) is 30.0 Å². The number of H-pyrrole nitrogens is 1. The lowest BCUT2D eigenvalue weighted by Gasteiger charge is -1.87. The molecule has 0 amide bonds. The van der Waals surface area contributed by atoms with Gasteiger partial charge in [0.15, 0.2) is 0 Å². The van der Waals surface area contributed by atoms with E-state index in [1.54, 1.807) is 0 Å². The molecule has 0 aliphatic rings. The molecule has 0 aliphatic carbocycles. The van der Waals surface area contributed by atoms with E-state index in [9.17, 15) is 0 Å². The van der Waals surface area contributed by atoms with Gasteiger partial charge in [0.25, 0.3) is 0 Å². The summed E-state index contributed by atoms with van der Waals surface area (Å²) in [6.07, 6.45) is 0.959. The summed E-state index contributed by atoms with van der Waals surface area (Å²) in [5.41, 5.74) is 2.17. The van der Waals surface area contributed by atoms with Crippen molar-refractivity contribution < 1.29 is 0 Å². The second-order valence-corrected chi connectivity index (χ2v) is 2.48. The predicted molar refractivity (Wildman–Crippen MR) is 44.3 cm³/mol. The number of hydrogen-bond acceptors (Lipinski definition) is 1. The van der Waals surface area contributed by atoms with Crippen molar-refractivity contribution in [2.24, 2.45) is 0 Å². The van der Waals surface area contributed by atoms with Crippen LogP contribution in [-0.4, -0.2) is 10.2 Å². The SMILES string of the molecule is CCc1n[nH]c2ccc[c]c12. The highest BCUT2D eigenvalue weighted by Gasteiger charge is 2.00. The number of aryl methyl sites for hydroxylation is 1. The summed E-state index contributed by atoms with van der Waals surface area (Å²) in [6.45, 7) is 2.09. The van der Waals surface area contributed by atoms with Crippen molar-refractivity contribution in [3.63, 3.8) is 0 Å². The zero-order chi connectivity index (χ0) is 7.68. The number of benzene rings is 1. The van der Waals surface area contributed by atoms with Gasteiger partial charge in [0.05, 0.1) is 11.2 Å². The Morgan fingerprint density at radius 2 is 2.55 bits per heavy atom. The smallest absolute Gasteiger partial charge is 0.0704 e. The Morgan fingerprint density at radius 1 is 1.64 bits per heavy atom. The van der Waals surface area contributed by atoms with Crippen LogP contribution >= 0.6 is 0 Å². The lowest BCUT2D eigenvalue weighted by atomic mass is 10.2. The van der Waals surface area contributed by atoms with E-state index in [-0.39, 0.29) is 0 Å². The molecule has 1 N–H and O–H groups in total. The van der Waals surface area contributed by atoms with E-state index in [4.69, 9.17) is 0 Å². The molecule has 55 valence electrons. The fourth-order valence-corrected chi connectivity index (χ4v) is 1.21. The van der Waals surface area contributed by atoms with Gasteiger partial charge in [0.1, 0.15) is 0 Å². The Bertz CT molecular complexity index is 362. The van der Waals surface area contributed by atoms with Gasteiger partial charge in [0.2, 0.25) is 0 Å². The number of aromatic nitrogens is 2. The van der Waals surface area contributed by atoms with Crippen molar-refractivity contribution in [1.29, 1.82) is 0 Å². The molecule has 11 heavy (non-hydrogen) atoms. The normalized spacial score (nSPS) is 10.6. The summed E-state index contributed by atoms with van der Waals surface area (Å²) in [4.78, 5) is 0. The van der Waals surface area contributed by atoms with Crippen LogP contribution in [0.3, 0.4) is 0 Å². The summed E-state index contributed by atoms with van der Waals surface area (Å²) >= 11 is 0. The molecule has 0 saturated carbocycles. The number of fused-ring (bicyclic) bond motifs is 1. The van der Waals surface area contributed by atoms with Crippen LogP contribution in [0.4, 0.5) is 0 Å². The third-order valence-electron chi connectivity index (χ3n) is 1.79. The lowest BCUT2D eigenvalue weighted by molar-refractivity contribution is 0.988. The van der Waals surface area contributed by atoms with Crippen LogP contribution in [0.5, 0.6) is 0 Å². The summed E-state index contributed by atoms with van der Waals surface area (Å²) < 4.78 is 0. The first-order valence-corrected chi connectivity index (χ1v) is 3.75.